The van der Waals surface area contributed by atoms with Crippen LogP contribution in [0.15, 0.2) is 12.1 Å². The maximum absolute atomic E-state index is 5.73. The van der Waals surface area contributed by atoms with Crippen LogP contribution in [-0.4, -0.2) is 60.5 Å². The Morgan fingerprint density at radius 3 is 2.74 bits per heavy atom. The van der Waals surface area contributed by atoms with E-state index in [1.807, 2.05) is 12.1 Å². The molecule has 1 atom stereocenters. The normalized spacial score (nSPS) is 24.9. The Balaban J connectivity index is 1.61. The molecule has 19 heavy (non-hydrogen) atoms. The van der Waals surface area contributed by atoms with Crippen molar-refractivity contribution in [3.8, 4) is 0 Å². The van der Waals surface area contributed by atoms with Crippen LogP contribution in [0.4, 0.5) is 5.82 Å². The number of morpholine rings is 1. The predicted molar refractivity (Wildman–Crippen MR) is 74.6 cm³/mol. The maximum atomic E-state index is 5.73. The first-order valence-corrected chi connectivity index (χ1v) is 7.35. The average molecular weight is 283 g/mol. The fourth-order valence-electron chi connectivity index (χ4n) is 2.78. The van der Waals surface area contributed by atoms with Crippen molar-refractivity contribution in [1.29, 1.82) is 0 Å². The fourth-order valence-corrected chi connectivity index (χ4v) is 2.93. The second-order valence-electron chi connectivity index (χ2n) is 5.05. The molecule has 5 nitrogen and oxygen atoms in total. The number of hydrogen-bond donors (Lipinski definition) is 0. The van der Waals surface area contributed by atoms with E-state index in [9.17, 15) is 0 Å². The van der Waals surface area contributed by atoms with E-state index in [2.05, 4.69) is 20.0 Å². The van der Waals surface area contributed by atoms with Gasteiger partial charge in [-0.1, -0.05) is 0 Å². The number of ether oxygens (including phenoxy) is 1. The van der Waals surface area contributed by atoms with Crippen LogP contribution in [0.3, 0.4) is 0 Å². The van der Waals surface area contributed by atoms with Crippen molar-refractivity contribution in [2.75, 3.05) is 44.3 Å². The molecule has 2 aliphatic rings. The zero-order chi connectivity index (χ0) is 13.1. The third kappa shape index (κ3) is 2.99. The van der Waals surface area contributed by atoms with Crippen LogP contribution in [-0.2, 0) is 10.6 Å². The van der Waals surface area contributed by atoms with E-state index in [1.165, 1.54) is 6.42 Å². The lowest BCUT2D eigenvalue weighted by atomic mass is 10.2. The molecule has 2 aliphatic heterocycles. The number of aromatic nitrogens is 2. The van der Waals surface area contributed by atoms with Crippen molar-refractivity contribution < 1.29 is 4.74 Å². The summed E-state index contributed by atoms with van der Waals surface area (Å²) in [5, 5.41) is 8.38. The van der Waals surface area contributed by atoms with Gasteiger partial charge in [-0.05, 0) is 18.6 Å². The summed E-state index contributed by atoms with van der Waals surface area (Å²) in [6.45, 7) is 5.91. The number of rotatable bonds is 3. The average Bonchev–Trinajstić information content (AvgIpc) is 2.98. The van der Waals surface area contributed by atoms with Crippen LogP contribution in [0.1, 0.15) is 12.1 Å². The van der Waals surface area contributed by atoms with E-state index >= 15 is 0 Å². The molecule has 0 saturated carbocycles. The highest BCUT2D eigenvalue weighted by Gasteiger charge is 2.29. The summed E-state index contributed by atoms with van der Waals surface area (Å²) in [6, 6.07) is 4.60. The largest absolute Gasteiger partial charge is 0.379 e. The lowest BCUT2D eigenvalue weighted by Crippen LogP contribution is -2.44. The molecule has 104 valence electrons. The van der Waals surface area contributed by atoms with Crippen LogP contribution in [0.2, 0.25) is 0 Å². The number of alkyl halides is 1. The van der Waals surface area contributed by atoms with Crippen molar-refractivity contribution in [1.82, 2.24) is 15.1 Å². The summed E-state index contributed by atoms with van der Waals surface area (Å²) >= 11 is 5.73. The van der Waals surface area contributed by atoms with E-state index in [1.54, 1.807) is 0 Å². The summed E-state index contributed by atoms with van der Waals surface area (Å²) in [4.78, 5) is 4.84. The van der Waals surface area contributed by atoms with E-state index < -0.39 is 0 Å². The molecule has 0 N–H and O–H groups in total. The Hall–Kier alpha value is -0.910. The third-order valence-electron chi connectivity index (χ3n) is 3.89. The summed E-state index contributed by atoms with van der Waals surface area (Å²) in [5.41, 5.74) is 0.828. The van der Waals surface area contributed by atoms with Gasteiger partial charge in [0.05, 0.1) is 24.8 Å². The smallest absolute Gasteiger partial charge is 0.151 e. The number of anilines is 1. The molecule has 0 spiro atoms. The van der Waals surface area contributed by atoms with Crippen molar-refractivity contribution >= 4 is 17.4 Å². The summed E-state index contributed by atoms with van der Waals surface area (Å²) in [7, 11) is 0. The van der Waals surface area contributed by atoms with Crippen LogP contribution < -0.4 is 4.90 Å². The molecule has 0 aliphatic carbocycles. The molecule has 2 fully saturated rings. The van der Waals surface area contributed by atoms with E-state index in [0.29, 0.717) is 11.9 Å². The topological polar surface area (TPSA) is 41.5 Å². The minimum Gasteiger partial charge on any atom is -0.379 e. The standard InChI is InChI=1S/C13H19ClN4O/c14-9-11-1-2-13(16-15-11)18-4-3-12(10-18)17-5-7-19-8-6-17/h1-2,12H,3-10H2. The Morgan fingerprint density at radius 1 is 1.21 bits per heavy atom. The van der Waals surface area contributed by atoms with Gasteiger partial charge < -0.3 is 9.64 Å². The SMILES string of the molecule is ClCc1ccc(N2CCC(N3CCOCC3)C2)nn1. The molecule has 1 unspecified atom stereocenters. The van der Waals surface area contributed by atoms with Gasteiger partial charge in [-0.15, -0.1) is 16.7 Å². The molecule has 1 aromatic heterocycles. The second-order valence-corrected chi connectivity index (χ2v) is 5.32. The van der Waals surface area contributed by atoms with Crippen molar-refractivity contribution in [2.45, 2.75) is 18.3 Å². The van der Waals surface area contributed by atoms with Gasteiger partial charge in [-0.2, -0.15) is 5.10 Å². The Bertz CT molecular complexity index is 408. The van der Waals surface area contributed by atoms with Crippen molar-refractivity contribution in [3.05, 3.63) is 17.8 Å². The quantitative estimate of drug-likeness (QED) is 0.778. The van der Waals surface area contributed by atoms with Gasteiger partial charge in [0.15, 0.2) is 5.82 Å². The fraction of sp³-hybridized carbons (Fsp3) is 0.692. The van der Waals surface area contributed by atoms with Gasteiger partial charge in [0.2, 0.25) is 0 Å². The summed E-state index contributed by atoms with van der Waals surface area (Å²) < 4.78 is 5.41. The third-order valence-corrected chi connectivity index (χ3v) is 4.17. The van der Waals surface area contributed by atoms with Gasteiger partial charge in [-0.3, -0.25) is 4.90 Å². The van der Waals surface area contributed by atoms with Crippen LogP contribution >= 0.6 is 11.6 Å². The first kappa shape index (κ1) is 13.1. The highest BCUT2D eigenvalue weighted by molar-refractivity contribution is 6.16. The number of halogens is 1. The van der Waals surface area contributed by atoms with E-state index in [-0.39, 0.29) is 0 Å². The zero-order valence-electron chi connectivity index (χ0n) is 11.0. The second kappa shape index (κ2) is 6.03. The van der Waals surface area contributed by atoms with Crippen LogP contribution in [0, 0.1) is 0 Å². The number of nitrogens with zero attached hydrogens (tertiary/aromatic N) is 4. The van der Waals surface area contributed by atoms with Crippen LogP contribution in [0.5, 0.6) is 0 Å². The van der Waals surface area contributed by atoms with Gasteiger partial charge in [-0.25, -0.2) is 0 Å². The molecule has 0 bridgehead atoms. The highest BCUT2D eigenvalue weighted by atomic mass is 35.5. The molecule has 1 aromatic rings. The van der Waals surface area contributed by atoms with Crippen LogP contribution in [0.25, 0.3) is 0 Å². The Morgan fingerprint density at radius 2 is 2.05 bits per heavy atom. The Labute approximate surface area is 118 Å². The molecular formula is C13H19ClN4O. The number of hydrogen-bond acceptors (Lipinski definition) is 5. The predicted octanol–water partition coefficient (Wildman–Crippen LogP) is 1.13. The monoisotopic (exact) mass is 282 g/mol. The van der Waals surface area contributed by atoms with Gasteiger partial charge in [0.25, 0.3) is 0 Å². The Kier molecular flexibility index (Phi) is 4.15. The first-order valence-electron chi connectivity index (χ1n) is 6.82. The minimum atomic E-state index is 0.420. The highest BCUT2D eigenvalue weighted by Crippen LogP contribution is 2.21. The summed E-state index contributed by atoms with van der Waals surface area (Å²) in [6.07, 6.45) is 1.19. The molecule has 2 saturated heterocycles. The molecule has 0 amide bonds. The van der Waals surface area contributed by atoms with E-state index in [4.69, 9.17) is 16.3 Å². The van der Waals surface area contributed by atoms with Crippen molar-refractivity contribution in [2.24, 2.45) is 0 Å². The molecule has 3 rings (SSSR count). The first-order chi connectivity index (χ1) is 9.36. The summed E-state index contributed by atoms with van der Waals surface area (Å²) in [5.74, 6) is 1.38. The molecule has 6 heteroatoms. The van der Waals surface area contributed by atoms with E-state index in [0.717, 1.165) is 50.9 Å². The van der Waals surface area contributed by atoms with Gasteiger partial charge >= 0.3 is 0 Å². The van der Waals surface area contributed by atoms with Crippen molar-refractivity contribution in [3.63, 3.8) is 0 Å². The zero-order valence-corrected chi connectivity index (χ0v) is 11.7. The molecular weight excluding hydrogens is 264 g/mol. The lowest BCUT2D eigenvalue weighted by molar-refractivity contribution is 0.0209. The molecule has 0 radical (unpaired) electrons. The molecule has 3 heterocycles. The molecule has 0 aromatic carbocycles. The maximum Gasteiger partial charge on any atom is 0.151 e. The van der Waals surface area contributed by atoms with Gasteiger partial charge in [0, 0.05) is 32.2 Å². The lowest BCUT2D eigenvalue weighted by Gasteiger charge is -2.32. The van der Waals surface area contributed by atoms with Gasteiger partial charge in [0.1, 0.15) is 0 Å². The minimum absolute atomic E-state index is 0.420.